The minimum atomic E-state index is -1.19. The summed E-state index contributed by atoms with van der Waals surface area (Å²) in [6.07, 6.45) is -0.721. The Kier molecular flexibility index (Phi) is 4.45. The van der Waals surface area contributed by atoms with Gasteiger partial charge in [-0.05, 0) is 34.6 Å². The van der Waals surface area contributed by atoms with Crippen LogP contribution in [0.15, 0.2) is 0 Å². The van der Waals surface area contributed by atoms with Gasteiger partial charge in [-0.2, -0.15) is 0 Å². The molecule has 1 rings (SSSR count). The lowest BCUT2D eigenvalue weighted by atomic mass is 9.90. The van der Waals surface area contributed by atoms with Crippen LogP contribution in [0.5, 0.6) is 0 Å². The second-order valence-corrected chi connectivity index (χ2v) is 6.28. The number of aliphatic hydroxyl groups is 2. The lowest BCUT2D eigenvalue weighted by Gasteiger charge is -2.34. The SMILES string of the molecule is C[C@H](COC(C)(C)O)[C@H](O)[C@]1(C)COC(C)(C)O1. The van der Waals surface area contributed by atoms with Crippen LogP contribution in [0, 0.1) is 5.92 Å². The largest absolute Gasteiger partial charge is 0.390 e. The fourth-order valence-corrected chi connectivity index (χ4v) is 2.11. The van der Waals surface area contributed by atoms with Crippen LogP contribution in [0.4, 0.5) is 0 Å². The van der Waals surface area contributed by atoms with E-state index >= 15 is 0 Å². The summed E-state index contributed by atoms with van der Waals surface area (Å²) in [5, 5.41) is 19.8. The highest BCUT2D eigenvalue weighted by Crippen LogP contribution is 2.35. The molecule has 108 valence electrons. The number of hydrogen-bond donors (Lipinski definition) is 2. The predicted molar refractivity (Wildman–Crippen MR) is 66.9 cm³/mol. The maximum absolute atomic E-state index is 10.3. The van der Waals surface area contributed by atoms with Crippen LogP contribution < -0.4 is 0 Å². The molecule has 1 aliphatic rings. The first-order valence-corrected chi connectivity index (χ1v) is 6.34. The van der Waals surface area contributed by atoms with Crippen LogP contribution in [0.2, 0.25) is 0 Å². The zero-order valence-corrected chi connectivity index (χ0v) is 12.2. The van der Waals surface area contributed by atoms with Crippen molar-refractivity contribution in [3.63, 3.8) is 0 Å². The van der Waals surface area contributed by atoms with E-state index in [2.05, 4.69) is 0 Å². The number of ether oxygens (including phenoxy) is 3. The van der Waals surface area contributed by atoms with Crippen LogP contribution in [0.25, 0.3) is 0 Å². The highest BCUT2D eigenvalue weighted by atomic mass is 16.8. The monoisotopic (exact) mass is 262 g/mol. The molecule has 0 radical (unpaired) electrons. The van der Waals surface area contributed by atoms with Crippen LogP contribution in [0.1, 0.15) is 41.5 Å². The van der Waals surface area contributed by atoms with Crippen LogP contribution in [0.3, 0.4) is 0 Å². The first kappa shape index (κ1) is 15.9. The smallest absolute Gasteiger partial charge is 0.163 e. The molecule has 0 aliphatic carbocycles. The van der Waals surface area contributed by atoms with Crippen molar-refractivity contribution >= 4 is 0 Å². The summed E-state index contributed by atoms with van der Waals surface area (Å²) in [7, 11) is 0. The van der Waals surface area contributed by atoms with Gasteiger partial charge in [-0.15, -0.1) is 0 Å². The molecule has 0 saturated carbocycles. The second-order valence-electron chi connectivity index (χ2n) is 6.28. The molecule has 3 atom stereocenters. The summed E-state index contributed by atoms with van der Waals surface area (Å²) in [4.78, 5) is 0. The third-order valence-corrected chi connectivity index (χ3v) is 3.05. The Labute approximate surface area is 109 Å². The quantitative estimate of drug-likeness (QED) is 0.730. The standard InChI is InChI=1S/C13H26O5/c1-9(7-16-11(2,3)15)10(14)13(6)8-17-12(4,5)18-13/h9-10,14-15H,7-8H2,1-6H3/t9-,10+,13+/m1/s1. The molecule has 1 fully saturated rings. The van der Waals surface area contributed by atoms with E-state index in [-0.39, 0.29) is 12.5 Å². The van der Waals surface area contributed by atoms with E-state index in [0.29, 0.717) is 6.61 Å². The van der Waals surface area contributed by atoms with E-state index in [1.807, 2.05) is 27.7 Å². The fraction of sp³-hybridized carbons (Fsp3) is 1.00. The first-order chi connectivity index (χ1) is 7.95. The molecule has 18 heavy (non-hydrogen) atoms. The molecule has 1 saturated heterocycles. The molecule has 5 nitrogen and oxygen atoms in total. The molecule has 0 amide bonds. The Morgan fingerprint density at radius 3 is 2.28 bits per heavy atom. The number of hydrogen-bond acceptors (Lipinski definition) is 5. The Hall–Kier alpha value is -0.200. The maximum Gasteiger partial charge on any atom is 0.163 e. The van der Waals surface area contributed by atoms with Crippen molar-refractivity contribution in [2.45, 2.75) is 64.8 Å². The lowest BCUT2D eigenvalue weighted by molar-refractivity contribution is -0.209. The summed E-state index contributed by atoms with van der Waals surface area (Å²) in [6, 6.07) is 0. The van der Waals surface area contributed by atoms with Crippen molar-refractivity contribution in [3.8, 4) is 0 Å². The molecule has 0 aromatic heterocycles. The van der Waals surface area contributed by atoms with Crippen LogP contribution in [-0.4, -0.2) is 46.7 Å². The van der Waals surface area contributed by atoms with Gasteiger partial charge in [-0.3, -0.25) is 0 Å². The average molecular weight is 262 g/mol. The first-order valence-electron chi connectivity index (χ1n) is 6.34. The molecule has 0 spiro atoms. The fourth-order valence-electron chi connectivity index (χ4n) is 2.11. The van der Waals surface area contributed by atoms with E-state index < -0.39 is 23.3 Å². The van der Waals surface area contributed by atoms with Gasteiger partial charge in [-0.1, -0.05) is 6.92 Å². The topological polar surface area (TPSA) is 68.2 Å². The van der Waals surface area contributed by atoms with Gasteiger partial charge < -0.3 is 24.4 Å². The third-order valence-electron chi connectivity index (χ3n) is 3.05. The maximum atomic E-state index is 10.3. The van der Waals surface area contributed by atoms with Gasteiger partial charge in [-0.25, -0.2) is 0 Å². The third kappa shape index (κ3) is 4.17. The van der Waals surface area contributed by atoms with Crippen molar-refractivity contribution in [3.05, 3.63) is 0 Å². The lowest BCUT2D eigenvalue weighted by Crippen LogP contribution is -2.48. The highest BCUT2D eigenvalue weighted by Gasteiger charge is 2.48. The summed E-state index contributed by atoms with van der Waals surface area (Å²) in [5.41, 5.74) is -0.744. The molecule has 5 heteroatoms. The van der Waals surface area contributed by atoms with Crippen LogP contribution in [-0.2, 0) is 14.2 Å². The van der Waals surface area contributed by atoms with Crippen molar-refractivity contribution in [1.82, 2.24) is 0 Å². The molecule has 0 aromatic carbocycles. The van der Waals surface area contributed by atoms with Crippen molar-refractivity contribution in [2.24, 2.45) is 5.92 Å². The summed E-state index contributed by atoms with van der Waals surface area (Å²) in [6.45, 7) is 11.0. The van der Waals surface area contributed by atoms with Gasteiger partial charge in [0.15, 0.2) is 11.6 Å². The van der Waals surface area contributed by atoms with Gasteiger partial charge in [0, 0.05) is 5.92 Å². The summed E-state index contributed by atoms with van der Waals surface area (Å²) >= 11 is 0. The van der Waals surface area contributed by atoms with E-state index in [4.69, 9.17) is 14.2 Å². The molecule has 2 N–H and O–H groups in total. The zero-order chi connectivity index (χ0) is 14.2. The van der Waals surface area contributed by atoms with Gasteiger partial charge in [0.1, 0.15) is 5.60 Å². The highest BCUT2D eigenvalue weighted by molar-refractivity contribution is 4.92. The second kappa shape index (κ2) is 5.06. The summed E-state index contributed by atoms with van der Waals surface area (Å²) < 4.78 is 16.5. The van der Waals surface area contributed by atoms with Gasteiger partial charge in [0.25, 0.3) is 0 Å². The number of aliphatic hydroxyl groups excluding tert-OH is 1. The molecule has 0 aromatic rings. The van der Waals surface area contributed by atoms with Gasteiger partial charge in [0.2, 0.25) is 0 Å². The Balaban J connectivity index is 2.56. The van der Waals surface area contributed by atoms with E-state index in [1.54, 1.807) is 13.8 Å². The summed E-state index contributed by atoms with van der Waals surface area (Å²) in [5.74, 6) is -2.03. The zero-order valence-electron chi connectivity index (χ0n) is 12.2. The molecule has 0 bridgehead atoms. The Bertz CT molecular complexity index is 284. The van der Waals surface area contributed by atoms with E-state index in [9.17, 15) is 10.2 Å². The molecule has 0 unspecified atom stereocenters. The minimum absolute atomic E-state index is 0.168. The van der Waals surface area contributed by atoms with Gasteiger partial charge in [0.05, 0.1) is 19.3 Å². The van der Waals surface area contributed by atoms with Crippen molar-refractivity contribution < 1.29 is 24.4 Å². The van der Waals surface area contributed by atoms with Crippen LogP contribution >= 0.6 is 0 Å². The minimum Gasteiger partial charge on any atom is -0.390 e. The van der Waals surface area contributed by atoms with Gasteiger partial charge >= 0.3 is 0 Å². The average Bonchev–Trinajstić information content (AvgIpc) is 2.48. The van der Waals surface area contributed by atoms with E-state index in [0.717, 1.165) is 0 Å². The molecular formula is C13H26O5. The predicted octanol–water partition coefficient (Wildman–Crippen LogP) is 1.27. The Morgan fingerprint density at radius 1 is 1.33 bits per heavy atom. The molecule has 1 aliphatic heterocycles. The Morgan fingerprint density at radius 2 is 1.89 bits per heavy atom. The van der Waals surface area contributed by atoms with Crippen molar-refractivity contribution in [2.75, 3.05) is 13.2 Å². The van der Waals surface area contributed by atoms with E-state index in [1.165, 1.54) is 0 Å². The normalized spacial score (nSPS) is 31.3. The number of rotatable bonds is 5. The van der Waals surface area contributed by atoms with Crippen molar-refractivity contribution in [1.29, 1.82) is 0 Å². The molecular weight excluding hydrogens is 236 g/mol. The molecule has 1 heterocycles.